The van der Waals surface area contributed by atoms with Crippen molar-refractivity contribution in [3.8, 4) is 0 Å². The lowest BCUT2D eigenvalue weighted by molar-refractivity contribution is 0.0724. The Morgan fingerprint density at radius 3 is 2.70 bits per heavy atom. The summed E-state index contributed by atoms with van der Waals surface area (Å²) in [6.45, 7) is 3.70. The van der Waals surface area contributed by atoms with Crippen LogP contribution in [0.1, 0.15) is 26.2 Å². The van der Waals surface area contributed by atoms with Crippen LogP contribution in [0, 0.1) is 0 Å². The van der Waals surface area contributed by atoms with E-state index < -0.39 is 0 Å². The second kappa shape index (κ2) is 7.64. The zero-order valence-corrected chi connectivity index (χ0v) is 14.1. The number of nitrogens with zero attached hydrogens (tertiary/aromatic N) is 2. The number of benzene rings is 1. The number of aliphatic hydroxyl groups is 1. The minimum absolute atomic E-state index is 0.0411. The predicted molar refractivity (Wildman–Crippen MR) is 88.4 cm³/mol. The average molecular weight is 362 g/mol. The molecule has 1 saturated heterocycles. The standard InChI is InChI=1S/C15H22BrClN2O/c1-2-3-9-14(20)13-10-18(11-15(16)19(13)17)12-7-5-4-6-8-12/h4-8,13-15,20H,2-3,9-11H2,1H3. The van der Waals surface area contributed by atoms with E-state index in [0.717, 1.165) is 32.4 Å². The van der Waals surface area contributed by atoms with Crippen LogP contribution >= 0.6 is 27.7 Å². The molecule has 3 unspecified atom stereocenters. The number of alkyl halides is 1. The fourth-order valence-electron chi connectivity index (χ4n) is 2.59. The van der Waals surface area contributed by atoms with E-state index in [2.05, 4.69) is 39.9 Å². The van der Waals surface area contributed by atoms with Crippen molar-refractivity contribution in [3.63, 3.8) is 0 Å². The number of para-hydroxylation sites is 1. The molecule has 0 spiro atoms. The van der Waals surface area contributed by atoms with Crippen molar-refractivity contribution in [3.05, 3.63) is 30.3 Å². The third-order valence-electron chi connectivity index (χ3n) is 3.78. The van der Waals surface area contributed by atoms with Crippen LogP contribution in [0.5, 0.6) is 0 Å². The van der Waals surface area contributed by atoms with Gasteiger partial charge in [-0.3, -0.25) is 0 Å². The molecule has 1 aromatic rings. The predicted octanol–water partition coefficient (Wildman–Crippen LogP) is 3.60. The normalized spacial score (nSPS) is 25.7. The number of aliphatic hydroxyl groups excluding tert-OH is 1. The Morgan fingerprint density at radius 1 is 1.35 bits per heavy atom. The number of hydrogen-bond donors (Lipinski definition) is 1. The minimum atomic E-state index is -0.390. The number of anilines is 1. The number of halogens is 2. The molecule has 1 N–H and O–H groups in total. The van der Waals surface area contributed by atoms with Crippen molar-refractivity contribution >= 4 is 33.4 Å². The van der Waals surface area contributed by atoms with Gasteiger partial charge in [0.25, 0.3) is 0 Å². The summed E-state index contributed by atoms with van der Waals surface area (Å²) in [6, 6.07) is 10.2. The Kier molecular flexibility index (Phi) is 6.15. The molecule has 1 aromatic carbocycles. The first kappa shape index (κ1) is 16.1. The molecule has 1 aliphatic rings. The van der Waals surface area contributed by atoms with E-state index in [-0.39, 0.29) is 17.1 Å². The van der Waals surface area contributed by atoms with Crippen molar-refractivity contribution < 1.29 is 5.11 Å². The summed E-state index contributed by atoms with van der Waals surface area (Å²) in [5.74, 6) is 0. The Bertz CT molecular complexity index is 406. The molecule has 0 bridgehead atoms. The Labute approximate surface area is 134 Å². The Hall–Kier alpha value is -0.290. The number of rotatable bonds is 5. The molecular formula is C15H22BrClN2O. The molecule has 3 atom stereocenters. The van der Waals surface area contributed by atoms with E-state index in [9.17, 15) is 5.11 Å². The lowest BCUT2D eigenvalue weighted by atomic mass is 10.0. The molecule has 0 amide bonds. The maximum Gasteiger partial charge on any atom is 0.0980 e. The number of hydrogen-bond acceptors (Lipinski definition) is 3. The molecule has 112 valence electrons. The lowest BCUT2D eigenvalue weighted by Crippen LogP contribution is -2.57. The van der Waals surface area contributed by atoms with Crippen LogP contribution in [0.25, 0.3) is 0 Å². The third-order valence-corrected chi connectivity index (χ3v) is 5.23. The Balaban J connectivity index is 2.07. The smallest absolute Gasteiger partial charge is 0.0980 e. The van der Waals surface area contributed by atoms with Crippen molar-refractivity contribution in [2.45, 2.75) is 43.3 Å². The first-order chi connectivity index (χ1) is 9.63. The molecule has 0 aromatic heterocycles. The molecule has 0 radical (unpaired) electrons. The van der Waals surface area contributed by atoms with Crippen molar-refractivity contribution in [2.75, 3.05) is 18.0 Å². The van der Waals surface area contributed by atoms with Gasteiger partial charge in [0.15, 0.2) is 0 Å². The highest BCUT2D eigenvalue weighted by Gasteiger charge is 2.36. The average Bonchev–Trinajstić information content (AvgIpc) is 2.48. The first-order valence-corrected chi connectivity index (χ1v) is 8.45. The second-order valence-corrected chi connectivity index (χ2v) is 6.74. The van der Waals surface area contributed by atoms with Gasteiger partial charge < -0.3 is 10.0 Å². The van der Waals surface area contributed by atoms with E-state index >= 15 is 0 Å². The molecule has 0 aliphatic carbocycles. The number of unbranched alkanes of at least 4 members (excludes halogenated alkanes) is 1. The van der Waals surface area contributed by atoms with Gasteiger partial charge in [0.2, 0.25) is 0 Å². The van der Waals surface area contributed by atoms with E-state index in [1.165, 1.54) is 5.69 Å². The SMILES string of the molecule is CCCCC(O)C1CN(c2ccccc2)CC(Br)N1Cl. The van der Waals surface area contributed by atoms with Crippen LogP contribution in [0.4, 0.5) is 5.69 Å². The van der Waals surface area contributed by atoms with Crippen LogP contribution in [0.3, 0.4) is 0 Å². The van der Waals surface area contributed by atoms with Gasteiger partial charge >= 0.3 is 0 Å². The van der Waals surface area contributed by atoms with Gasteiger partial charge in [-0.15, -0.1) is 0 Å². The van der Waals surface area contributed by atoms with Crippen molar-refractivity contribution in [2.24, 2.45) is 0 Å². The van der Waals surface area contributed by atoms with Crippen LogP contribution in [0.2, 0.25) is 0 Å². The minimum Gasteiger partial charge on any atom is -0.391 e. The number of piperazine rings is 1. The molecule has 2 rings (SSSR count). The van der Waals surface area contributed by atoms with Crippen molar-refractivity contribution in [1.29, 1.82) is 0 Å². The molecule has 1 fully saturated rings. The summed E-state index contributed by atoms with van der Waals surface area (Å²) in [5, 5.41) is 10.4. The first-order valence-electron chi connectivity index (χ1n) is 7.19. The highest BCUT2D eigenvalue weighted by Crippen LogP contribution is 2.29. The van der Waals surface area contributed by atoms with Crippen molar-refractivity contribution in [1.82, 2.24) is 4.42 Å². The summed E-state index contributed by atoms with van der Waals surface area (Å²) in [4.78, 5) is 2.32. The monoisotopic (exact) mass is 360 g/mol. The molecule has 20 heavy (non-hydrogen) atoms. The van der Waals surface area contributed by atoms with Gasteiger partial charge in [-0.1, -0.05) is 53.9 Å². The fourth-order valence-corrected chi connectivity index (χ4v) is 3.49. The van der Waals surface area contributed by atoms with Gasteiger partial charge in [0.05, 0.1) is 17.1 Å². The topological polar surface area (TPSA) is 26.7 Å². The van der Waals surface area contributed by atoms with Gasteiger partial charge in [-0.05, 0) is 30.3 Å². The van der Waals surface area contributed by atoms with Crippen LogP contribution < -0.4 is 4.90 Å². The quantitative estimate of drug-likeness (QED) is 0.493. The molecule has 1 aliphatic heterocycles. The fraction of sp³-hybridized carbons (Fsp3) is 0.600. The maximum atomic E-state index is 10.4. The van der Waals surface area contributed by atoms with E-state index in [0.29, 0.717) is 0 Å². The highest BCUT2D eigenvalue weighted by molar-refractivity contribution is 9.09. The maximum absolute atomic E-state index is 10.4. The third kappa shape index (κ3) is 3.88. The van der Waals surface area contributed by atoms with Crippen LogP contribution in [0.15, 0.2) is 30.3 Å². The molecular weight excluding hydrogens is 340 g/mol. The molecule has 5 heteroatoms. The lowest BCUT2D eigenvalue weighted by Gasteiger charge is -2.43. The van der Waals surface area contributed by atoms with E-state index in [4.69, 9.17) is 11.8 Å². The van der Waals surface area contributed by atoms with E-state index in [1.54, 1.807) is 4.42 Å². The molecule has 0 saturated carbocycles. The summed E-state index contributed by atoms with van der Waals surface area (Å²) >= 11 is 9.97. The van der Waals surface area contributed by atoms with Crippen LogP contribution in [-0.2, 0) is 0 Å². The zero-order valence-electron chi connectivity index (χ0n) is 11.8. The largest absolute Gasteiger partial charge is 0.391 e. The Morgan fingerprint density at radius 2 is 2.05 bits per heavy atom. The molecule has 3 nitrogen and oxygen atoms in total. The van der Waals surface area contributed by atoms with Gasteiger partial charge in [0, 0.05) is 18.8 Å². The van der Waals surface area contributed by atoms with Gasteiger partial charge in [-0.25, -0.2) is 0 Å². The molecule has 1 heterocycles. The zero-order chi connectivity index (χ0) is 14.5. The summed E-state index contributed by atoms with van der Waals surface area (Å²) in [6.07, 6.45) is 2.53. The highest BCUT2D eigenvalue weighted by atomic mass is 79.9. The second-order valence-electron chi connectivity index (χ2n) is 5.30. The summed E-state index contributed by atoms with van der Waals surface area (Å²) in [5.41, 5.74) is 1.18. The van der Waals surface area contributed by atoms with Gasteiger partial charge in [-0.2, -0.15) is 4.42 Å². The summed E-state index contributed by atoms with van der Waals surface area (Å²) < 4.78 is 1.74. The van der Waals surface area contributed by atoms with Crippen LogP contribution in [-0.4, -0.2) is 39.7 Å². The van der Waals surface area contributed by atoms with Gasteiger partial charge in [0.1, 0.15) is 0 Å². The van der Waals surface area contributed by atoms with E-state index in [1.807, 2.05) is 18.2 Å². The summed E-state index contributed by atoms with van der Waals surface area (Å²) in [7, 11) is 0.